The lowest BCUT2D eigenvalue weighted by Gasteiger charge is -2.08. The van der Waals surface area contributed by atoms with E-state index < -0.39 is 0 Å². The maximum Gasteiger partial charge on any atom is 0.189 e. The smallest absolute Gasteiger partial charge is 0.189 e. The number of aliphatic imine (C=N–C) groups is 1. The normalized spacial score (nSPS) is 11.1. The van der Waals surface area contributed by atoms with Gasteiger partial charge in [0, 0.05) is 32.6 Å². The van der Waals surface area contributed by atoms with Gasteiger partial charge in [0.1, 0.15) is 12.4 Å². The first kappa shape index (κ1) is 20.4. The molecular formula is C17H26IN5O. The second-order valence-electron chi connectivity index (χ2n) is 5.25. The fraction of sp³-hybridized carbons (Fsp3) is 0.412. The lowest BCUT2D eigenvalue weighted by atomic mass is 10.1. The number of ether oxygens (including phenoxy) is 1. The predicted octanol–water partition coefficient (Wildman–Crippen LogP) is 2.18. The lowest BCUT2D eigenvalue weighted by Crippen LogP contribution is -2.34. The number of methoxy groups -OCH3 is 1. The molecule has 7 heteroatoms. The first-order valence-corrected chi connectivity index (χ1v) is 7.86. The van der Waals surface area contributed by atoms with Gasteiger partial charge in [0.2, 0.25) is 0 Å². The summed E-state index contributed by atoms with van der Waals surface area (Å²) in [6.45, 7) is 2.66. The molecule has 132 valence electrons. The van der Waals surface area contributed by atoms with Crippen LogP contribution in [0.1, 0.15) is 17.8 Å². The molecule has 2 rings (SSSR count). The Morgan fingerprint density at radius 2 is 2.12 bits per heavy atom. The molecule has 0 atom stereocenters. The Balaban J connectivity index is 0.00000288. The number of nitrogens with zero attached hydrogens (tertiary/aromatic N) is 3. The Hall–Kier alpha value is -1.61. The maximum atomic E-state index is 5.80. The van der Waals surface area contributed by atoms with Crippen molar-refractivity contribution in [1.29, 1.82) is 0 Å². The number of nitrogens with two attached hydrogens (primary N) is 1. The van der Waals surface area contributed by atoms with Crippen LogP contribution in [0.15, 0.2) is 47.7 Å². The summed E-state index contributed by atoms with van der Waals surface area (Å²) in [4.78, 5) is 8.67. The van der Waals surface area contributed by atoms with Gasteiger partial charge in [-0.3, -0.25) is 0 Å². The second-order valence-corrected chi connectivity index (χ2v) is 5.25. The standard InChI is InChI=1S/C17H25N5O.HI/c1-23-13-10-20-17(18)21-14-16-19-9-12-22(16)11-5-8-15-6-3-2-4-7-15;/h2-4,6-7,9,12H,5,8,10-11,13-14H2,1H3,(H3,18,20,21);1H. The molecule has 0 amide bonds. The number of hydrogen-bond donors (Lipinski definition) is 2. The molecule has 0 saturated heterocycles. The third kappa shape index (κ3) is 7.31. The first-order valence-electron chi connectivity index (χ1n) is 7.86. The molecule has 6 nitrogen and oxygen atoms in total. The van der Waals surface area contributed by atoms with E-state index in [1.165, 1.54) is 5.56 Å². The minimum Gasteiger partial charge on any atom is -0.383 e. The van der Waals surface area contributed by atoms with Crippen molar-refractivity contribution in [2.75, 3.05) is 20.3 Å². The van der Waals surface area contributed by atoms with Gasteiger partial charge in [-0.05, 0) is 18.4 Å². The zero-order valence-electron chi connectivity index (χ0n) is 14.0. The Bertz CT molecular complexity index is 600. The summed E-state index contributed by atoms with van der Waals surface area (Å²) in [5.74, 6) is 1.34. The maximum absolute atomic E-state index is 5.80. The molecule has 1 aromatic carbocycles. The minimum atomic E-state index is 0. The summed E-state index contributed by atoms with van der Waals surface area (Å²) in [5, 5.41) is 3.00. The average molecular weight is 443 g/mol. The Kier molecular flexibility index (Phi) is 10.1. The van der Waals surface area contributed by atoms with Gasteiger partial charge in [0.05, 0.1) is 6.61 Å². The second kappa shape index (κ2) is 11.9. The number of guanidine groups is 1. The van der Waals surface area contributed by atoms with Gasteiger partial charge in [0.15, 0.2) is 5.96 Å². The lowest BCUT2D eigenvalue weighted by molar-refractivity contribution is 0.204. The van der Waals surface area contributed by atoms with E-state index in [-0.39, 0.29) is 24.0 Å². The van der Waals surface area contributed by atoms with Crippen LogP contribution < -0.4 is 11.1 Å². The van der Waals surface area contributed by atoms with Crippen LogP contribution in [0.4, 0.5) is 0 Å². The minimum absolute atomic E-state index is 0. The average Bonchev–Trinajstić information content (AvgIpc) is 3.02. The Morgan fingerprint density at radius 1 is 1.33 bits per heavy atom. The summed E-state index contributed by atoms with van der Waals surface area (Å²) in [6, 6.07) is 10.5. The van der Waals surface area contributed by atoms with Crippen molar-refractivity contribution in [3.05, 3.63) is 54.1 Å². The van der Waals surface area contributed by atoms with Crippen LogP contribution in [-0.2, 0) is 24.2 Å². The molecule has 0 radical (unpaired) electrons. The molecule has 1 aromatic heterocycles. The number of nitrogens with one attached hydrogen (secondary N) is 1. The highest BCUT2D eigenvalue weighted by molar-refractivity contribution is 14.0. The van der Waals surface area contributed by atoms with Crippen LogP contribution >= 0.6 is 24.0 Å². The zero-order valence-corrected chi connectivity index (χ0v) is 16.3. The van der Waals surface area contributed by atoms with Crippen molar-refractivity contribution in [1.82, 2.24) is 14.9 Å². The van der Waals surface area contributed by atoms with Crippen LogP contribution in [-0.4, -0.2) is 35.8 Å². The molecule has 0 aliphatic carbocycles. The molecule has 0 saturated carbocycles. The van der Waals surface area contributed by atoms with Crippen LogP contribution in [0.5, 0.6) is 0 Å². The van der Waals surface area contributed by atoms with Gasteiger partial charge in [-0.1, -0.05) is 30.3 Å². The predicted molar refractivity (Wildman–Crippen MR) is 108 cm³/mol. The van der Waals surface area contributed by atoms with Crippen molar-refractivity contribution in [2.45, 2.75) is 25.9 Å². The van der Waals surface area contributed by atoms with Crippen LogP contribution in [0.2, 0.25) is 0 Å². The highest BCUT2D eigenvalue weighted by Gasteiger charge is 2.02. The highest BCUT2D eigenvalue weighted by Crippen LogP contribution is 2.06. The van der Waals surface area contributed by atoms with Gasteiger partial charge in [-0.25, -0.2) is 9.98 Å². The molecule has 0 unspecified atom stereocenters. The van der Waals surface area contributed by atoms with Crippen molar-refractivity contribution >= 4 is 29.9 Å². The van der Waals surface area contributed by atoms with Crippen molar-refractivity contribution in [3.63, 3.8) is 0 Å². The Morgan fingerprint density at radius 3 is 2.88 bits per heavy atom. The number of benzene rings is 1. The zero-order chi connectivity index (χ0) is 16.3. The fourth-order valence-electron chi connectivity index (χ4n) is 2.29. The largest absolute Gasteiger partial charge is 0.383 e. The summed E-state index contributed by atoms with van der Waals surface area (Å²) in [7, 11) is 1.65. The van der Waals surface area contributed by atoms with Gasteiger partial charge in [0.25, 0.3) is 0 Å². The summed E-state index contributed by atoms with van der Waals surface area (Å²) >= 11 is 0. The molecular weight excluding hydrogens is 417 g/mol. The summed E-state index contributed by atoms with van der Waals surface area (Å²) in [5.41, 5.74) is 7.16. The highest BCUT2D eigenvalue weighted by atomic mass is 127. The van der Waals surface area contributed by atoms with Crippen LogP contribution in [0, 0.1) is 0 Å². The molecule has 0 aliphatic rings. The molecule has 0 spiro atoms. The van der Waals surface area contributed by atoms with E-state index in [9.17, 15) is 0 Å². The van der Waals surface area contributed by atoms with Crippen LogP contribution in [0.25, 0.3) is 0 Å². The van der Waals surface area contributed by atoms with E-state index in [0.717, 1.165) is 25.2 Å². The molecule has 0 fully saturated rings. The molecule has 1 heterocycles. The molecule has 0 aliphatic heterocycles. The third-order valence-electron chi connectivity index (χ3n) is 3.51. The number of imidazole rings is 1. The monoisotopic (exact) mass is 443 g/mol. The molecule has 2 aromatic rings. The molecule has 3 N–H and O–H groups in total. The van der Waals surface area contributed by atoms with Gasteiger partial charge >= 0.3 is 0 Å². The van der Waals surface area contributed by atoms with E-state index in [4.69, 9.17) is 10.5 Å². The SMILES string of the molecule is COCCNC(N)=NCc1nccn1CCCc1ccccc1.I. The van der Waals surface area contributed by atoms with E-state index in [1.54, 1.807) is 7.11 Å². The number of aryl methyl sites for hydroxylation is 2. The van der Waals surface area contributed by atoms with E-state index in [1.807, 2.05) is 18.5 Å². The first-order chi connectivity index (χ1) is 11.3. The molecule has 24 heavy (non-hydrogen) atoms. The Labute approximate surface area is 160 Å². The van der Waals surface area contributed by atoms with Crippen molar-refractivity contribution in [2.24, 2.45) is 10.7 Å². The number of hydrogen-bond acceptors (Lipinski definition) is 3. The topological polar surface area (TPSA) is 77.5 Å². The third-order valence-corrected chi connectivity index (χ3v) is 3.51. The summed E-state index contributed by atoms with van der Waals surface area (Å²) in [6.07, 6.45) is 5.92. The fourth-order valence-corrected chi connectivity index (χ4v) is 2.29. The quantitative estimate of drug-likeness (QED) is 0.270. The van der Waals surface area contributed by atoms with E-state index in [0.29, 0.717) is 25.7 Å². The number of halogens is 1. The van der Waals surface area contributed by atoms with Crippen molar-refractivity contribution < 1.29 is 4.74 Å². The number of aromatic nitrogens is 2. The summed E-state index contributed by atoms with van der Waals surface area (Å²) < 4.78 is 7.09. The van der Waals surface area contributed by atoms with Crippen molar-refractivity contribution in [3.8, 4) is 0 Å². The van der Waals surface area contributed by atoms with Gasteiger partial charge < -0.3 is 20.4 Å². The number of rotatable bonds is 9. The molecule has 0 bridgehead atoms. The van der Waals surface area contributed by atoms with Gasteiger partial charge in [-0.2, -0.15) is 0 Å². The van der Waals surface area contributed by atoms with E-state index >= 15 is 0 Å². The van der Waals surface area contributed by atoms with Crippen LogP contribution in [0.3, 0.4) is 0 Å². The van der Waals surface area contributed by atoms with Gasteiger partial charge in [-0.15, -0.1) is 24.0 Å². The van der Waals surface area contributed by atoms with E-state index in [2.05, 4.69) is 44.1 Å².